The number of rotatable bonds is 8. The summed E-state index contributed by atoms with van der Waals surface area (Å²) in [7, 11) is 0. The Morgan fingerprint density at radius 3 is 1.09 bits per heavy atom. The Bertz CT molecular complexity index is 3430. The number of carbonyl (C=O) groups excluding carboxylic acids is 2. The first kappa shape index (κ1) is 52.1. The summed E-state index contributed by atoms with van der Waals surface area (Å²) in [6.45, 7) is 27.4. The van der Waals surface area contributed by atoms with E-state index in [0.717, 1.165) is 44.4 Å². The number of cyclic esters (lactones) is 2. The van der Waals surface area contributed by atoms with E-state index < -0.39 is 12.2 Å². The molecule has 78 heavy (non-hydrogen) atoms. The van der Waals surface area contributed by atoms with E-state index in [4.69, 9.17) is 19.4 Å². The van der Waals surface area contributed by atoms with Crippen LogP contribution in [-0.2, 0) is 44.0 Å². The fraction of sp³-hybridized carbons (Fsp3) is 0.324. The Hall–Kier alpha value is -7.98. The summed E-state index contributed by atoms with van der Waals surface area (Å²) in [5.74, 6) is 0. The van der Waals surface area contributed by atoms with Crippen LogP contribution in [0.2, 0.25) is 0 Å². The van der Waals surface area contributed by atoms with Crippen LogP contribution in [0.3, 0.4) is 0 Å². The van der Waals surface area contributed by atoms with Crippen molar-refractivity contribution in [3.63, 3.8) is 0 Å². The molecular weight excluding hydrogens is 965 g/mol. The minimum atomic E-state index is -0.430. The summed E-state index contributed by atoms with van der Waals surface area (Å²) in [6.07, 6.45) is 8.48. The number of benzene rings is 4. The van der Waals surface area contributed by atoms with Gasteiger partial charge in [0.15, 0.2) is 0 Å². The number of carbonyl (C=O) groups is 2. The highest BCUT2D eigenvalue weighted by Gasteiger charge is 2.39. The van der Waals surface area contributed by atoms with E-state index in [9.17, 15) is 9.59 Å². The van der Waals surface area contributed by atoms with E-state index in [1.165, 1.54) is 22.3 Å². The number of amides is 2. The summed E-state index contributed by atoms with van der Waals surface area (Å²) in [5.41, 5.74) is 16.9. The molecule has 8 bridgehead atoms. The van der Waals surface area contributed by atoms with E-state index in [-0.39, 0.29) is 47.0 Å². The van der Waals surface area contributed by atoms with Gasteiger partial charge in [-0.1, -0.05) is 180 Å². The van der Waals surface area contributed by atoms with E-state index in [2.05, 4.69) is 190 Å². The van der Waals surface area contributed by atoms with E-state index in [1.807, 2.05) is 48.6 Å². The second-order valence-corrected chi connectivity index (χ2v) is 25.6. The summed E-state index contributed by atoms with van der Waals surface area (Å²) in [4.78, 5) is 51.6. The third-order valence-electron chi connectivity index (χ3n) is 15.6. The minimum Gasteiger partial charge on any atom is -0.447 e. The smallest absolute Gasteiger partial charge is 0.414 e. The quantitative estimate of drug-likeness (QED) is 0.157. The third kappa shape index (κ3) is 10.1. The number of anilines is 2. The van der Waals surface area contributed by atoms with E-state index in [0.29, 0.717) is 58.0 Å². The van der Waals surface area contributed by atoms with E-state index in [1.54, 1.807) is 9.80 Å². The van der Waals surface area contributed by atoms with Gasteiger partial charge in [-0.3, -0.25) is 9.80 Å². The lowest BCUT2D eigenvalue weighted by atomic mass is 9.78. The number of nitrogens with zero attached hydrogens (tertiary/aromatic N) is 4. The van der Waals surface area contributed by atoms with Crippen LogP contribution in [-0.4, -0.2) is 57.4 Å². The Balaban J connectivity index is 1.29. The molecule has 0 radical (unpaired) electrons. The van der Waals surface area contributed by atoms with Crippen molar-refractivity contribution in [2.75, 3.05) is 23.0 Å². The van der Waals surface area contributed by atoms with Crippen molar-refractivity contribution in [2.45, 2.75) is 130 Å². The van der Waals surface area contributed by atoms with Gasteiger partial charge in [-0.15, -0.1) is 0 Å². The van der Waals surface area contributed by atoms with Gasteiger partial charge < -0.3 is 19.4 Å². The van der Waals surface area contributed by atoms with Crippen LogP contribution in [0.25, 0.3) is 68.6 Å². The lowest BCUT2D eigenvalue weighted by Gasteiger charge is -2.26. The molecule has 4 aliphatic rings. The normalized spacial score (nSPS) is 16.8. The summed E-state index contributed by atoms with van der Waals surface area (Å²) >= 11 is 0. The van der Waals surface area contributed by atoms with Crippen molar-refractivity contribution >= 4 is 69.9 Å². The molecule has 4 aliphatic heterocycles. The molecule has 10 nitrogen and oxygen atoms in total. The third-order valence-corrected chi connectivity index (χ3v) is 15.6. The van der Waals surface area contributed by atoms with Crippen molar-refractivity contribution < 1.29 is 19.1 Å². The number of aromatic nitrogens is 4. The molecule has 2 N–H and O–H groups in total. The Labute approximate surface area is 459 Å². The van der Waals surface area contributed by atoms with Crippen LogP contribution in [0.15, 0.2) is 121 Å². The van der Waals surface area contributed by atoms with Gasteiger partial charge in [0.2, 0.25) is 0 Å². The van der Waals surface area contributed by atoms with Crippen molar-refractivity contribution in [2.24, 2.45) is 0 Å². The molecule has 2 fully saturated rings. The van der Waals surface area contributed by atoms with Gasteiger partial charge in [-0.25, -0.2) is 19.6 Å². The fourth-order valence-corrected chi connectivity index (χ4v) is 11.1. The standard InChI is InChI=1S/C68H72N6O4/c1-65(2,3)45-33-43(34-46(37-45)66(4,5)6)59-51-23-27-55(69-51)61(73-49(39-77-63(73)75)31-41-19-15-13-16-20-41)57-29-25-53(71-57)60(44-35-47(67(7,8)9)38-48(36-44)68(10,11)12)54-26-30-58(72-54)62(56-28-24-52(59)70-56)74-50(40-78-64(74)76)32-42-21-17-14-18-22-42/h13-30,33-38,49-50,69,72H,31-32,39-40H2,1-12H3/t49-,50-/m1/s1. The van der Waals surface area contributed by atoms with Crippen LogP contribution in [0.4, 0.5) is 21.0 Å². The highest BCUT2D eigenvalue weighted by molar-refractivity contribution is 6.04. The first-order valence-corrected chi connectivity index (χ1v) is 27.5. The Kier molecular flexibility index (Phi) is 13.0. The molecule has 0 saturated carbocycles. The summed E-state index contributed by atoms with van der Waals surface area (Å²) in [5, 5.41) is 0. The molecule has 11 rings (SSSR count). The lowest BCUT2D eigenvalue weighted by Crippen LogP contribution is -2.35. The molecule has 3 aromatic heterocycles. The number of fused-ring (bicyclic) bond motifs is 8. The molecule has 2 amide bonds. The Morgan fingerprint density at radius 2 is 0.756 bits per heavy atom. The summed E-state index contributed by atoms with van der Waals surface area (Å²) in [6, 6.07) is 42.0. The lowest BCUT2D eigenvalue weighted by molar-refractivity contribution is 0.178. The molecule has 4 aromatic carbocycles. The van der Waals surface area contributed by atoms with Gasteiger partial charge in [-0.05, 0) is 128 Å². The first-order chi connectivity index (χ1) is 37.0. The van der Waals surface area contributed by atoms with Crippen LogP contribution >= 0.6 is 0 Å². The highest BCUT2D eigenvalue weighted by Crippen LogP contribution is 2.44. The zero-order valence-corrected chi connectivity index (χ0v) is 47.3. The number of hydrogen-bond donors (Lipinski definition) is 2. The van der Waals surface area contributed by atoms with Crippen LogP contribution in [0.5, 0.6) is 0 Å². The largest absolute Gasteiger partial charge is 0.447 e. The molecule has 7 heterocycles. The molecule has 398 valence electrons. The zero-order valence-electron chi connectivity index (χ0n) is 47.3. The van der Waals surface area contributed by atoms with Crippen molar-refractivity contribution in [1.29, 1.82) is 0 Å². The predicted molar refractivity (Wildman–Crippen MR) is 320 cm³/mol. The number of nitrogens with one attached hydrogen (secondary N) is 2. The maximum Gasteiger partial charge on any atom is 0.414 e. The van der Waals surface area contributed by atoms with Crippen LogP contribution in [0, 0.1) is 0 Å². The van der Waals surface area contributed by atoms with Crippen LogP contribution < -0.4 is 9.80 Å². The van der Waals surface area contributed by atoms with Gasteiger partial charge in [0.1, 0.15) is 13.2 Å². The first-order valence-electron chi connectivity index (χ1n) is 27.5. The predicted octanol–water partition coefficient (Wildman–Crippen LogP) is 16.3. The number of hydrogen-bond acceptors (Lipinski definition) is 6. The number of aromatic amines is 2. The van der Waals surface area contributed by atoms with E-state index >= 15 is 0 Å². The number of H-pyrrole nitrogens is 2. The zero-order chi connectivity index (χ0) is 55.1. The molecule has 0 aliphatic carbocycles. The maximum atomic E-state index is 14.5. The van der Waals surface area contributed by atoms with Gasteiger partial charge in [0.05, 0.1) is 57.3 Å². The molecule has 7 aromatic rings. The second-order valence-electron chi connectivity index (χ2n) is 25.6. The van der Waals surface area contributed by atoms with Crippen molar-refractivity contribution in [1.82, 2.24) is 19.9 Å². The SMILES string of the molecule is CC(C)(C)c1cc(-c2c3nc(c(N4C(=O)OC[C@H]4Cc4ccccc4)c4ccc([nH]4)c(-c4cc(C(C)(C)C)cc(C(C)(C)C)c4)c4nc(c(N5C(=O)OC[C@H]5Cc5ccccc5)c5ccc2[nH]5)C=C4)C=C3)cc(C(C)(C)C)c1. The molecule has 10 heteroatoms. The van der Waals surface area contributed by atoms with Gasteiger partial charge in [0, 0.05) is 22.2 Å². The molecular formula is C68H72N6O4. The van der Waals surface area contributed by atoms with Gasteiger partial charge in [0.25, 0.3) is 0 Å². The molecule has 2 saturated heterocycles. The average molecular weight is 1040 g/mol. The molecule has 0 unspecified atom stereocenters. The van der Waals surface area contributed by atoms with Gasteiger partial charge >= 0.3 is 12.2 Å². The molecule has 0 spiro atoms. The fourth-order valence-electron chi connectivity index (χ4n) is 11.1. The Morgan fingerprint density at radius 1 is 0.436 bits per heavy atom. The van der Waals surface area contributed by atoms with Gasteiger partial charge in [-0.2, -0.15) is 0 Å². The topological polar surface area (TPSA) is 116 Å². The van der Waals surface area contributed by atoms with Crippen molar-refractivity contribution in [3.05, 3.63) is 177 Å². The maximum absolute atomic E-state index is 14.5. The second kappa shape index (κ2) is 19.5. The molecule has 2 atom stereocenters. The van der Waals surface area contributed by atoms with Crippen molar-refractivity contribution in [3.8, 4) is 22.3 Å². The average Bonchev–Trinajstić information content (AvgIpc) is 4.39. The van der Waals surface area contributed by atoms with Crippen LogP contribution in [0.1, 0.15) is 139 Å². The minimum absolute atomic E-state index is 0.180. The monoisotopic (exact) mass is 1040 g/mol. The highest BCUT2D eigenvalue weighted by atomic mass is 16.6. The number of ether oxygens (including phenoxy) is 2. The summed E-state index contributed by atoms with van der Waals surface area (Å²) < 4.78 is 12.0.